The molecule has 7 heteroatoms. The van der Waals surface area contributed by atoms with Crippen molar-refractivity contribution in [3.63, 3.8) is 0 Å². The number of hydrogen-bond donors (Lipinski definition) is 3. The second-order valence-corrected chi connectivity index (χ2v) is 5.12. The van der Waals surface area contributed by atoms with E-state index in [1.165, 1.54) is 11.6 Å². The number of carbonyl (C=O) groups excluding carboxylic acids is 2. The zero-order chi connectivity index (χ0) is 16.1. The van der Waals surface area contributed by atoms with Gasteiger partial charge in [0, 0.05) is 26.3 Å². The zero-order valence-electron chi connectivity index (χ0n) is 13.1. The third-order valence-electron chi connectivity index (χ3n) is 3.38. The van der Waals surface area contributed by atoms with Gasteiger partial charge in [-0.05, 0) is 24.2 Å². The molecule has 0 saturated heterocycles. The van der Waals surface area contributed by atoms with Crippen LogP contribution in [0.5, 0.6) is 0 Å². The predicted octanol–water partition coefficient (Wildman–Crippen LogP) is 1.20. The van der Waals surface area contributed by atoms with Crippen molar-refractivity contribution in [2.75, 3.05) is 7.05 Å². The first-order valence-electron chi connectivity index (χ1n) is 6.98. The van der Waals surface area contributed by atoms with Crippen molar-refractivity contribution in [3.05, 3.63) is 58.9 Å². The highest BCUT2D eigenvalue weighted by molar-refractivity contribution is 5.98. The number of halogens is 1. The largest absolute Gasteiger partial charge is 0.366 e. The summed E-state index contributed by atoms with van der Waals surface area (Å²) in [5, 5.41) is 5.91. The summed E-state index contributed by atoms with van der Waals surface area (Å²) >= 11 is 0. The van der Waals surface area contributed by atoms with E-state index >= 15 is 0 Å². The Hall–Kier alpha value is -2.31. The number of aryl methyl sites for hydroxylation is 1. The molecule has 0 saturated carbocycles. The molecule has 0 fully saturated rings. The van der Waals surface area contributed by atoms with Gasteiger partial charge in [0.05, 0.1) is 5.56 Å². The van der Waals surface area contributed by atoms with Gasteiger partial charge in [-0.2, -0.15) is 0 Å². The van der Waals surface area contributed by atoms with Gasteiger partial charge < -0.3 is 20.9 Å². The molecular weight excluding hydrogens is 316 g/mol. The van der Waals surface area contributed by atoms with Gasteiger partial charge in [-0.1, -0.05) is 24.3 Å². The van der Waals surface area contributed by atoms with Crippen LogP contribution in [0, 0.1) is 0 Å². The third kappa shape index (κ3) is 4.84. The molecule has 124 valence electrons. The standard InChI is InChI=1S/C16H20N4O2.ClH/c1-18-8-11-3-5-12(6-4-11)9-19-16(22)14-7-13(15(17)21)10-20(14)2;/h3-7,10,18H,8-9H2,1-2H3,(H2,17,21)(H,19,22);1H. The molecule has 23 heavy (non-hydrogen) atoms. The smallest absolute Gasteiger partial charge is 0.268 e. The number of benzene rings is 1. The van der Waals surface area contributed by atoms with Crippen molar-refractivity contribution in [1.82, 2.24) is 15.2 Å². The Morgan fingerprint density at radius 2 is 1.70 bits per heavy atom. The summed E-state index contributed by atoms with van der Waals surface area (Å²) in [6.45, 7) is 1.24. The van der Waals surface area contributed by atoms with Crippen LogP contribution in [-0.4, -0.2) is 23.4 Å². The highest BCUT2D eigenvalue weighted by Crippen LogP contribution is 2.08. The first-order valence-corrected chi connectivity index (χ1v) is 6.98. The quantitative estimate of drug-likeness (QED) is 0.740. The van der Waals surface area contributed by atoms with Crippen LogP contribution in [0.15, 0.2) is 36.5 Å². The molecule has 6 nitrogen and oxygen atoms in total. The SMILES string of the molecule is CNCc1ccc(CNC(=O)c2cc(C(N)=O)cn2C)cc1.Cl. The molecule has 0 spiro atoms. The summed E-state index contributed by atoms with van der Waals surface area (Å²) in [5.74, 6) is -0.788. The molecule has 4 N–H and O–H groups in total. The van der Waals surface area contributed by atoms with E-state index in [-0.39, 0.29) is 18.3 Å². The second kappa shape index (κ2) is 8.36. The summed E-state index contributed by atoms with van der Waals surface area (Å²) in [6, 6.07) is 9.49. The molecule has 0 aliphatic heterocycles. The van der Waals surface area contributed by atoms with Crippen LogP contribution in [0.1, 0.15) is 32.0 Å². The fourth-order valence-electron chi connectivity index (χ4n) is 2.18. The molecule has 2 amide bonds. The van der Waals surface area contributed by atoms with Crippen LogP contribution in [0.4, 0.5) is 0 Å². The molecule has 1 aromatic heterocycles. The number of aromatic nitrogens is 1. The molecule has 2 rings (SSSR count). The Balaban J connectivity index is 0.00000264. The van der Waals surface area contributed by atoms with Crippen LogP contribution in [0.25, 0.3) is 0 Å². The molecule has 0 atom stereocenters. The molecule has 0 aliphatic carbocycles. The summed E-state index contributed by atoms with van der Waals surface area (Å²) < 4.78 is 1.59. The number of nitrogens with zero attached hydrogens (tertiary/aromatic N) is 1. The van der Waals surface area contributed by atoms with E-state index < -0.39 is 5.91 Å². The van der Waals surface area contributed by atoms with Gasteiger partial charge in [0.15, 0.2) is 0 Å². The van der Waals surface area contributed by atoms with Crippen LogP contribution >= 0.6 is 12.4 Å². The monoisotopic (exact) mass is 336 g/mol. The Bertz CT molecular complexity index is 680. The van der Waals surface area contributed by atoms with E-state index in [1.807, 2.05) is 31.3 Å². The summed E-state index contributed by atoms with van der Waals surface area (Å²) in [4.78, 5) is 23.3. The maximum atomic E-state index is 12.2. The van der Waals surface area contributed by atoms with Crippen molar-refractivity contribution in [2.24, 2.45) is 12.8 Å². The number of carbonyl (C=O) groups is 2. The molecule has 2 aromatic rings. The van der Waals surface area contributed by atoms with Crippen LogP contribution in [0.2, 0.25) is 0 Å². The topological polar surface area (TPSA) is 89.2 Å². The molecule has 0 aliphatic rings. The first kappa shape index (κ1) is 18.7. The Kier molecular flexibility index (Phi) is 6.81. The number of nitrogens with two attached hydrogens (primary N) is 1. The lowest BCUT2D eigenvalue weighted by Crippen LogP contribution is -2.24. The van der Waals surface area contributed by atoms with E-state index in [1.54, 1.807) is 17.8 Å². The Morgan fingerprint density at radius 1 is 1.13 bits per heavy atom. The van der Waals surface area contributed by atoms with Gasteiger partial charge >= 0.3 is 0 Å². The number of rotatable bonds is 6. The fraction of sp³-hybridized carbons (Fsp3) is 0.250. The lowest BCUT2D eigenvalue weighted by Gasteiger charge is -2.07. The van der Waals surface area contributed by atoms with Gasteiger partial charge in [0.1, 0.15) is 5.69 Å². The van der Waals surface area contributed by atoms with Gasteiger partial charge in [0.2, 0.25) is 5.91 Å². The molecular formula is C16H21ClN4O2. The zero-order valence-corrected chi connectivity index (χ0v) is 13.9. The van der Waals surface area contributed by atoms with Gasteiger partial charge in [-0.15, -0.1) is 12.4 Å². The molecule has 0 unspecified atom stereocenters. The minimum atomic E-state index is -0.547. The lowest BCUT2D eigenvalue weighted by atomic mass is 10.1. The lowest BCUT2D eigenvalue weighted by molar-refractivity contribution is 0.0942. The van der Waals surface area contributed by atoms with E-state index in [9.17, 15) is 9.59 Å². The fourth-order valence-corrected chi connectivity index (χ4v) is 2.18. The first-order chi connectivity index (χ1) is 10.5. The number of primary amides is 1. The highest BCUT2D eigenvalue weighted by atomic mass is 35.5. The van der Waals surface area contributed by atoms with E-state index in [0.29, 0.717) is 17.8 Å². The molecule has 0 radical (unpaired) electrons. The van der Waals surface area contributed by atoms with E-state index in [2.05, 4.69) is 10.6 Å². The van der Waals surface area contributed by atoms with Crippen molar-refractivity contribution in [1.29, 1.82) is 0 Å². The van der Waals surface area contributed by atoms with Crippen LogP contribution < -0.4 is 16.4 Å². The summed E-state index contributed by atoms with van der Waals surface area (Å²) in [5.41, 5.74) is 8.14. The maximum Gasteiger partial charge on any atom is 0.268 e. The van der Waals surface area contributed by atoms with Gasteiger partial charge in [-0.25, -0.2) is 0 Å². The molecule has 0 bridgehead atoms. The van der Waals surface area contributed by atoms with Crippen molar-refractivity contribution in [2.45, 2.75) is 13.1 Å². The molecule has 1 aromatic carbocycles. The third-order valence-corrected chi connectivity index (χ3v) is 3.38. The number of hydrogen-bond acceptors (Lipinski definition) is 3. The minimum absolute atomic E-state index is 0. The minimum Gasteiger partial charge on any atom is -0.366 e. The average molecular weight is 337 g/mol. The van der Waals surface area contributed by atoms with Crippen molar-refractivity contribution >= 4 is 24.2 Å². The van der Waals surface area contributed by atoms with Crippen molar-refractivity contribution < 1.29 is 9.59 Å². The van der Waals surface area contributed by atoms with Gasteiger partial charge in [-0.3, -0.25) is 9.59 Å². The number of nitrogens with one attached hydrogen (secondary N) is 2. The highest BCUT2D eigenvalue weighted by Gasteiger charge is 2.13. The van der Waals surface area contributed by atoms with E-state index in [4.69, 9.17) is 5.73 Å². The van der Waals surface area contributed by atoms with Gasteiger partial charge in [0.25, 0.3) is 5.91 Å². The Labute approximate surface area is 141 Å². The summed E-state index contributed by atoms with van der Waals surface area (Å²) in [7, 11) is 3.60. The Morgan fingerprint density at radius 3 is 2.17 bits per heavy atom. The van der Waals surface area contributed by atoms with Crippen molar-refractivity contribution in [3.8, 4) is 0 Å². The maximum absolute atomic E-state index is 12.2. The molecule has 1 heterocycles. The summed E-state index contributed by atoms with van der Waals surface area (Å²) in [6.07, 6.45) is 1.55. The normalized spacial score (nSPS) is 10.0. The van der Waals surface area contributed by atoms with Crippen LogP contribution in [0.3, 0.4) is 0 Å². The number of amides is 2. The average Bonchev–Trinajstić information content (AvgIpc) is 2.89. The van der Waals surface area contributed by atoms with Crippen LogP contribution in [-0.2, 0) is 20.1 Å². The predicted molar refractivity (Wildman–Crippen MR) is 91.6 cm³/mol. The van der Waals surface area contributed by atoms with E-state index in [0.717, 1.165) is 12.1 Å². The second-order valence-electron chi connectivity index (χ2n) is 5.12.